The number of benzene rings is 2. The molecule has 1 aliphatic rings. The smallest absolute Gasteiger partial charge is 0.293 e. The van der Waals surface area contributed by atoms with E-state index in [9.17, 15) is 18.5 Å². The fraction of sp³-hybridized carbons (Fsp3) is 0.250. The zero-order chi connectivity index (χ0) is 21.1. The van der Waals surface area contributed by atoms with E-state index in [4.69, 9.17) is 0 Å². The molecule has 1 unspecified atom stereocenters. The summed E-state index contributed by atoms with van der Waals surface area (Å²) in [5.41, 5.74) is 0.574. The Hall–Kier alpha value is -3.40. The van der Waals surface area contributed by atoms with Crippen molar-refractivity contribution in [1.29, 1.82) is 0 Å². The average Bonchev–Trinajstić information content (AvgIpc) is 3.29. The number of nitro benzene ring substituents is 1. The van der Waals surface area contributed by atoms with Crippen LogP contribution in [0.3, 0.4) is 0 Å². The summed E-state index contributed by atoms with van der Waals surface area (Å²) in [6.07, 6.45) is 5.38. The molecule has 9 nitrogen and oxygen atoms in total. The molecule has 1 aromatic heterocycles. The molecule has 0 aliphatic carbocycles. The number of para-hydroxylation sites is 1. The van der Waals surface area contributed by atoms with E-state index in [0.717, 1.165) is 18.9 Å². The van der Waals surface area contributed by atoms with E-state index in [1.54, 1.807) is 36.5 Å². The first kappa shape index (κ1) is 19.9. The van der Waals surface area contributed by atoms with Crippen LogP contribution in [0.1, 0.15) is 18.9 Å². The third kappa shape index (κ3) is 4.13. The zero-order valence-electron chi connectivity index (χ0n) is 16.1. The number of nitrogens with one attached hydrogen (secondary N) is 1. The third-order valence-electron chi connectivity index (χ3n) is 5.12. The van der Waals surface area contributed by atoms with Crippen LogP contribution in [0.25, 0.3) is 0 Å². The van der Waals surface area contributed by atoms with Gasteiger partial charge in [-0.25, -0.2) is 8.42 Å². The van der Waals surface area contributed by atoms with Crippen molar-refractivity contribution in [3.8, 4) is 0 Å². The fourth-order valence-corrected chi connectivity index (χ4v) is 4.77. The Kier molecular flexibility index (Phi) is 5.40. The number of nitro groups is 1. The SMILES string of the molecule is O=[N+]([O-])c1cc(S(=O)(=O)Nc2ccccc2)ccc1N1CCCC(n2cccn2)C1. The molecule has 0 saturated carbocycles. The van der Waals surface area contributed by atoms with Crippen molar-refractivity contribution in [3.05, 3.63) is 77.1 Å². The van der Waals surface area contributed by atoms with E-state index >= 15 is 0 Å². The third-order valence-corrected chi connectivity index (χ3v) is 6.50. The molecule has 4 rings (SSSR count). The first-order chi connectivity index (χ1) is 14.4. The predicted octanol–water partition coefficient (Wildman–Crippen LogP) is 3.43. The molecule has 10 heteroatoms. The average molecular weight is 427 g/mol. The second kappa shape index (κ2) is 8.15. The van der Waals surface area contributed by atoms with E-state index < -0.39 is 14.9 Å². The number of piperidine rings is 1. The van der Waals surface area contributed by atoms with Crippen molar-refractivity contribution in [1.82, 2.24) is 9.78 Å². The number of nitrogens with zero attached hydrogens (tertiary/aromatic N) is 4. The monoisotopic (exact) mass is 427 g/mol. The minimum atomic E-state index is -3.95. The van der Waals surface area contributed by atoms with E-state index in [1.807, 2.05) is 21.8 Å². The number of rotatable bonds is 6. The normalized spacial score (nSPS) is 16.9. The molecule has 2 heterocycles. The molecule has 3 aromatic rings. The van der Waals surface area contributed by atoms with Crippen molar-refractivity contribution in [3.63, 3.8) is 0 Å². The standard InChI is InChI=1S/C20H21N5O4S/c26-25(27)20-14-18(30(28,29)22-16-6-2-1-3-7-16)9-10-19(20)23-12-4-8-17(15-23)24-13-5-11-21-24/h1-3,5-7,9-11,13-14,17,22H,4,8,12,15H2. The number of aromatic nitrogens is 2. The topological polar surface area (TPSA) is 110 Å². The van der Waals surface area contributed by atoms with Crippen molar-refractivity contribution >= 4 is 27.1 Å². The van der Waals surface area contributed by atoms with Crippen LogP contribution in [-0.4, -0.2) is 36.2 Å². The van der Waals surface area contributed by atoms with Crippen LogP contribution < -0.4 is 9.62 Å². The molecular formula is C20H21N5O4S. The van der Waals surface area contributed by atoms with E-state index in [1.165, 1.54) is 12.1 Å². The van der Waals surface area contributed by atoms with Crippen molar-refractivity contribution in [2.45, 2.75) is 23.8 Å². The van der Waals surface area contributed by atoms with Gasteiger partial charge in [-0.15, -0.1) is 0 Å². The summed E-state index contributed by atoms with van der Waals surface area (Å²) in [4.78, 5) is 13.0. The van der Waals surface area contributed by atoms with Gasteiger partial charge in [0.25, 0.3) is 15.7 Å². The molecule has 1 N–H and O–H groups in total. The summed E-state index contributed by atoms with van der Waals surface area (Å²) in [5.74, 6) is 0. The molecule has 2 aromatic carbocycles. The van der Waals surface area contributed by atoms with Gasteiger partial charge in [0.15, 0.2) is 0 Å². The predicted molar refractivity (Wildman–Crippen MR) is 113 cm³/mol. The Morgan fingerprint density at radius 2 is 1.93 bits per heavy atom. The van der Waals surface area contributed by atoms with Gasteiger partial charge in [-0.1, -0.05) is 18.2 Å². The Labute approximate surface area is 174 Å². The van der Waals surface area contributed by atoms with Crippen LogP contribution in [0.4, 0.5) is 17.1 Å². The Morgan fingerprint density at radius 3 is 2.63 bits per heavy atom. The lowest BCUT2D eigenvalue weighted by Gasteiger charge is -2.34. The highest BCUT2D eigenvalue weighted by Gasteiger charge is 2.28. The maximum atomic E-state index is 12.7. The van der Waals surface area contributed by atoms with Crippen LogP contribution in [0, 0.1) is 10.1 Å². The summed E-state index contributed by atoms with van der Waals surface area (Å²) in [5, 5.41) is 16.0. The van der Waals surface area contributed by atoms with Gasteiger partial charge in [0.1, 0.15) is 5.69 Å². The molecule has 1 saturated heterocycles. The number of anilines is 2. The second-order valence-electron chi connectivity index (χ2n) is 7.11. The highest BCUT2D eigenvalue weighted by Crippen LogP contribution is 2.34. The van der Waals surface area contributed by atoms with E-state index in [-0.39, 0.29) is 16.6 Å². The quantitative estimate of drug-likeness (QED) is 0.477. The molecular weight excluding hydrogens is 406 g/mol. The molecule has 0 bridgehead atoms. The Balaban J connectivity index is 1.63. The van der Waals surface area contributed by atoms with Crippen molar-refractivity contribution < 1.29 is 13.3 Å². The molecule has 1 fully saturated rings. The molecule has 0 amide bonds. The number of hydrogen-bond donors (Lipinski definition) is 1. The first-order valence-corrected chi connectivity index (χ1v) is 11.0. The summed E-state index contributed by atoms with van der Waals surface area (Å²) in [6, 6.07) is 14.4. The van der Waals surface area contributed by atoms with Gasteiger partial charge in [-0.2, -0.15) is 5.10 Å². The van der Waals surface area contributed by atoms with E-state index in [0.29, 0.717) is 24.5 Å². The molecule has 156 valence electrons. The number of sulfonamides is 1. The lowest BCUT2D eigenvalue weighted by molar-refractivity contribution is -0.384. The largest absolute Gasteiger partial charge is 0.364 e. The molecule has 30 heavy (non-hydrogen) atoms. The zero-order valence-corrected chi connectivity index (χ0v) is 16.9. The van der Waals surface area contributed by atoms with Gasteiger partial charge < -0.3 is 4.90 Å². The molecule has 1 atom stereocenters. The van der Waals surface area contributed by atoms with Crippen LogP contribution in [0.2, 0.25) is 0 Å². The van der Waals surface area contributed by atoms with Gasteiger partial charge in [0.05, 0.1) is 15.9 Å². The van der Waals surface area contributed by atoms with Crippen molar-refractivity contribution in [2.24, 2.45) is 0 Å². The second-order valence-corrected chi connectivity index (χ2v) is 8.79. The lowest BCUT2D eigenvalue weighted by atomic mass is 10.0. The minimum absolute atomic E-state index is 0.108. The summed E-state index contributed by atoms with van der Waals surface area (Å²) in [6.45, 7) is 1.23. The fourth-order valence-electron chi connectivity index (χ4n) is 3.69. The van der Waals surface area contributed by atoms with Crippen molar-refractivity contribution in [2.75, 3.05) is 22.7 Å². The lowest BCUT2D eigenvalue weighted by Crippen LogP contribution is -2.37. The van der Waals surface area contributed by atoms with Gasteiger partial charge in [0, 0.05) is 37.2 Å². The van der Waals surface area contributed by atoms with E-state index in [2.05, 4.69) is 9.82 Å². The molecule has 0 spiro atoms. The van der Waals surface area contributed by atoms with Crippen LogP contribution in [-0.2, 0) is 10.0 Å². The highest BCUT2D eigenvalue weighted by atomic mass is 32.2. The van der Waals surface area contributed by atoms with Crippen LogP contribution in [0.5, 0.6) is 0 Å². The maximum Gasteiger partial charge on any atom is 0.293 e. The first-order valence-electron chi connectivity index (χ1n) is 9.54. The molecule has 1 aliphatic heterocycles. The van der Waals surface area contributed by atoms with Gasteiger partial charge in [-0.05, 0) is 43.2 Å². The van der Waals surface area contributed by atoms with Crippen LogP contribution >= 0.6 is 0 Å². The van der Waals surface area contributed by atoms with Crippen LogP contribution in [0.15, 0.2) is 71.9 Å². The highest BCUT2D eigenvalue weighted by molar-refractivity contribution is 7.92. The summed E-state index contributed by atoms with van der Waals surface area (Å²) >= 11 is 0. The minimum Gasteiger partial charge on any atom is -0.364 e. The van der Waals surface area contributed by atoms with Gasteiger partial charge in [0.2, 0.25) is 0 Å². The Morgan fingerprint density at radius 1 is 1.13 bits per heavy atom. The number of hydrogen-bond acceptors (Lipinski definition) is 6. The van der Waals surface area contributed by atoms with Gasteiger partial charge >= 0.3 is 0 Å². The maximum absolute atomic E-state index is 12.7. The summed E-state index contributed by atoms with van der Waals surface area (Å²) in [7, 11) is -3.95. The Bertz CT molecular complexity index is 1130. The summed E-state index contributed by atoms with van der Waals surface area (Å²) < 4.78 is 29.7. The molecule has 0 radical (unpaired) electrons. The van der Waals surface area contributed by atoms with Gasteiger partial charge in [-0.3, -0.25) is 19.5 Å².